The Morgan fingerprint density at radius 3 is 2.83 bits per heavy atom. The van der Waals surface area contributed by atoms with Gasteiger partial charge in [-0.15, -0.1) is 0 Å². The summed E-state index contributed by atoms with van der Waals surface area (Å²) in [4.78, 5) is 0. The summed E-state index contributed by atoms with van der Waals surface area (Å²) in [6.45, 7) is 5.43. The SMILES string of the molecule is C=C(Br)CNC(COC)C1CC1. The minimum Gasteiger partial charge on any atom is -0.383 e. The highest BCUT2D eigenvalue weighted by atomic mass is 79.9. The number of methoxy groups -OCH3 is 1. The Kier molecular flexibility index (Phi) is 4.26. The Bertz CT molecular complexity index is 157. The lowest BCUT2D eigenvalue weighted by molar-refractivity contribution is 0.159. The Morgan fingerprint density at radius 2 is 2.42 bits per heavy atom. The van der Waals surface area contributed by atoms with Crippen LogP contribution in [0.2, 0.25) is 0 Å². The molecule has 12 heavy (non-hydrogen) atoms. The highest BCUT2D eigenvalue weighted by Crippen LogP contribution is 2.32. The Labute approximate surface area is 82.5 Å². The van der Waals surface area contributed by atoms with Crippen LogP contribution >= 0.6 is 15.9 Å². The summed E-state index contributed by atoms with van der Waals surface area (Å²) < 4.78 is 6.13. The first kappa shape index (κ1) is 10.2. The predicted octanol–water partition coefficient (Wildman–Crippen LogP) is 1.91. The summed E-state index contributed by atoms with van der Waals surface area (Å²) in [5.41, 5.74) is 0. The van der Waals surface area contributed by atoms with E-state index in [9.17, 15) is 0 Å². The van der Waals surface area contributed by atoms with Crippen LogP contribution < -0.4 is 5.32 Å². The van der Waals surface area contributed by atoms with E-state index < -0.39 is 0 Å². The molecule has 0 amide bonds. The van der Waals surface area contributed by atoms with Crippen LogP contribution in [0, 0.1) is 5.92 Å². The Hall–Kier alpha value is 0.140. The summed E-state index contributed by atoms with van der Waals surface area (Å²) in [7, 11) is 1.75. The molecule has 3 heteroatoms. The number of rotatable bonds is 6. The second-order valence-corrected chi connectivity index (χ2v) is 4.42. The summed E-state index contributed by atoms with van der Waals surface area (Å²) in [6, 6.07) is 0.518. The molecule has 0 aliphatic heterocycles. The molecule has 70 valence electrons. The van der Waals surface area contributed by atoms with E-state index in [1.54, 1.807) is 7.11 Å². The lowest BCUT2D eigenvalue weighted by Crippen LogP contribution is -2.35. The molecule has 0 bridgehead atoms. The van der Waals surface area contributed by atoms with Crippen molar-refractivity contribution in [1.82, 2.24) is 5.32 Å². The van der Waals surface area contributed by atoms with Crippen molar-refractivity contribution in [2.75, 3.05) is 20.3 Å². The number of hydrogen-bond acceptors (Lipinski definition) is 2. The predicted molar refractivity (Wildman–Crippen MR) is 54.5 cm³/mol. The molecule has 0 aromatic rings. The largest absolute Gasteiger partial charge is 0.383 e. The van der Waals surface area contributed by atoms with Crippen molar-refractivity contribution in [3.05, 3.63) is 11.1 Å². The molecular weight excluding hydrogens is 218 g/mol. The van der Waals surface area contributed by atoms with E-state index in [1.807, 2.05) is 0 Å². The van der Waals surface area contributed by atoms with Gasteiger partial charge in [-0.25, -0.2) is 0 Å². The van der Waals surface area contributed by atoms with Gasteiger partial charge in [-0.2, -0.15) is 0 Å². The first-order valence-corrected chi connectivity index (χ1v) is 5.09. The van der Waals surface area contributed by atoms with E-state index in [4.69, 9.17) is 4.74 Å². The van der Waals surface area contributed by atoms with E-state index in [2.05, 4.69) is 27.8 Å². The molecule has 1 N–H and O–H groups in total. The molecule has 0 aromatic heterocycles. The highest BCUT2D eigenvalue weighted by molar-refractivity contribution is 9.11. The maximum Gasteiger partial charge on any atom is 0.0618 e. The van der Waals surface area contributed by atoms with Gasteiger partial charge in [0.2, 0.25) is 0 Å². The number of nitrogens with one attached hydrogen (secondary N) is 1. The van der Waals surface area contributed by atoms with E-state index in [0.29, 0.717) is 6.04 Å². The molecule has 1 unspecified atom stereocenters. The van der Waals surface area contributed by atoms with Gasteiger partial charge in [0.1, 0.15) is 0 Å². The van der Waals surface area contributed by atoms with Gasteiger partial charge in [-0.3, -0.25) is 0 Å². The molecule has 1 atom stereocenters. The smallest absolute Gasteiger partial charge is 0.0618 e. The summed E-state index contributed by atoms with van der Waals surface area (Å²) in [5.74, 6) is 0.830. The van der Waals surface area contributed by atoms with Gasteiger partial charge < -0.3 is 10.1 Å². The van der Waals surface area contributed by atoms with Crippen LogP contribution in [0.4, 0.5) is 0 Å². The zero-order valence-corrected chi connectivity index (χ0v) is 9.06. The molecular formula is C9H16BrNO. The zero-order valence-electron chi connectivity index (χ0n) is 7.48. The van der Waals surface area contributed by atoms with Gasteiger partial charge in [0.05, 0.1) is 6.61 Å². The van der Waals surface area contributed by atoms with Crippen molar-refractivity contribution in [3.63, 3.8) is 0 Å². The van der Waals surface area contributed by atoms with Crippen molar-refractivity contribution in [3.8, 4) is 0 Å². The van der Waals surface area contributed by atoms with Crippen LogP contribution in [0.25, 0.3) is 0 Å². The molecule has 1 saturated carbocycles. The molecule has 0 radical (unpaired) electrons. The standard InChI is InChI=1S/C9H16BrNO/c1-7(10)5-11-9(6-12-2)8-3-4-8/h8-9,11H,1,3-6H2,2H3. The van der Waals surface area contributed by atoms with Gasteiger partial charge in [0, 0.05) is 24.2 Å². The summed E-state index contributed by atoms with van der Waals surface area (Å²) in [5, 5.41) is 3.41. The topological polar surface area (TPSA) is 21.3 Å². The highest BCUT2D eigenvalue weighted by Gasteiger charge is 2.30. The molecule has 0 spiro atoms. The average Bonchev–Trinajstić information content (AvgIpc) is 2.79. The van der Waals surface area contributed by atoms with Gasteiger partial charge in [0.25, 0.3) is 0 Å². The van der Waals surface area contributed by atoms with Crippen molar-refractivity contribution >= 4 is 15.9 Å². The van der Waals surface area contributed by atoms with Gasteiger partial charge in [-0.05, 0) is 18.8 Å². The molecule has 0 saturated heterocycles. The maximum atomic E-state index is 5.13. The molecule has 1 aliphatic rings. The summed E-state index contributed by atoms with van der Waals surface area (Å²) >= 11 is 3.33. The molecule has 0 aromatic carbocycles. The molecule has 1 aliphatic carbocycles. The van der Waals surface area contributed by atoms with Crippen LogP contribution in [0.3, 0.4) is 0 Å². The van der Waals surface area contributed by atoms with Crippen molar-refractivity contribution in [2.24, 2.45) is 5.92 Å². The molecule has 0 heterocycles. The van der Waals surface area contributed by atoms with E-state index >= 15 is 0 Å². The first-order valence-electron chi connectivity index (χ1n) is 4.29. The number of hydrogen-bond donors (Lipinski definition) is 1. The van der Waals surface area contributed by atoms with Gasteiger partial charge >= 0.3 is 0 Å². The third-order valence-corrected chi connectivity index (χ3v) is 2.37. The van der Waals surface area contributed by atoms with Crippen LogP contribution in [0.5, 0.6) is 0 Å². The Morgan fingerprint density at radius 1 is 1.75 bits per heavy atom. The lowest BCUT2D eigenvalue weighted by Gasteiger charge is -2.16. The molecule has 1 fully saturated rings. The quantitative estimate of drug-likeness (QED) is 0.758. The van der Waals surface area contributed by atoms with Crippen LogP contribution in [-0.4, -0.2) is 26.3 Å². The van der Waals surface area contributed by atoms with Gasteiger partial charge in [0.15, 0.2) is 0 Å². The third kappa shape index (κ3) is 3.70. The van der Waals surface area contributed by atoms with Crippen LogP contribution in [0.15, 0.2) is 11.1 Å². The lowest BCUT2D eigenvalue weighted by atomic mass is 10.2. The van der Waals surface area contributed by atoms with Gasteiger partial charge in [-0.1, -0.05) is 22.5 Å². The van der Waals surface area contributed by atoms with E-state index in [-0.39, 0.29) is 0 Å². The second-order valence-electron chi connectivity index (χ2n) is 3.30. The van der Waals surface area contributed by atoms with Crippen molar-refractivity contribution in [1.29, 1.82) is 0 Å². The number of halogens is 1. The molecule has 2 nitrogen and oxygen atoms in total. The van der Waals surface area contributed by atoms with E-state index in [1.165, 1.54) is 12.8 Å². The Balaban J connectivity index is 2.18. The fourth-order valence-corrected chi connectivity index (χ4v) is 1.44. The average molecular weight is 234 g/mol. The van der Waals surface area contributed by atoms with E-state index in [0.717, 1.165) is 23.6 Å². The fraction of sp³-hybridized carbons (Fsp3) is 0.778. The molecule has 1 rings (SSSR count). The maximum absolute atomic E-state index is 5.13. The van der Waals surface area contributed by atoms with Crippen molar-refractivity contribution in [2.45, 2.75) is 18.9 Å². The third-order valence-electron chi connectivity index (χ3n) is 2.09. The van der Waals surface area contributed by atoms with Crippen LogP contribution in [-0.2, 0) is 4.74 Å². The monoisotopic (exact) mass is 233 g/mol. The zero-order chi connectivity index (χ0) is 8.97. The fourth-order valence-electron chi connectivity index (χ4n) is 1.28. The minimum atomic E-state index is 0.518. The normalized spacial score (nSPS) is 19.2. The summed E-state index contributed by atoms with van der Waals surface area (Å²) in [6.07, 6.45) is 2.69. The first-order chi connectivity index (χ1) is 5.74. The minimum absolute atomic E-state index is 0.518. The second kappa shape index (κ2) is 5.00. The van der Waals surface area contributed by atoms with Crippen LogP contribution in [0.1, 0.15) is 12.8 Å². The number of ether oxygens (including phenoxy) is 1. The van der Waals surface area contributed by atoms with Crippen molar-refractivity contribution < 1.29 is 4.74 Å².